The number of hydrogen-bond donors (Lipinski definition) is 1. The van der Waals surface area contributed by atoms with Crippen LogP contribution in [0, 0.1) is 0 Å². The van der Waals surface area contributed by atoms with Crippen molar-refractivity contribution in [2.75, 3.05) is 20.6 Å². The van der Waals surface area contributed by atoms with Crippen LogP contribution in [0.3, 0.4) is 0 Å². The highest BCUT2D eigenvalue weighted by Gasteiger charge is 2.11. The van der Waals surface area contributed by atoms with Gasteiger partial charge >= 0.3 is 5.97 Å². The Morgan fingerprint density at radius 1 is 1.70 bits per heavy atom. The molecule has 0 heterocycles. The Labute approximate surface area is 61.2 Å². The predicted molar refractivity (Wildman–Crippen MR) is 39.4 cm³/mol. The van der Waals surface area contributed by atoms with Gasteiger partial charge in [-0.25, -0.2) is 0 Å². The first kappa shape index (κ1) is 9.17. The zero-order valence-corrected chi connectivity index (χ0v) is 6.50. The Bertz CT molecular complexity index is 141. The van der Waals surface area contributed by atoms with Crippen molar-refractivity contribution in [2.45, 2.75) is 6.42 Å². The Balaban J connectivity index is 3.67. The van der Waals surface area contributed by atoms with Crippen molar-refractivity contribution >= 4 is 5.97 Å². The lowest BCUT2D eigenvalue weighted by Crippen LogP contribution is -2.34. The Morgan fingerprint density at radius 3 is 2.50 bits per heavy atom. The summed E-state index contributed by atoms with van der Waals surface area (Å²) in [7, 11) is 3.83. The summed E-state index contributed by atoms with van der Waals surface area (Å²) in [5.74, 6) is -0.756. The van der Waals surface area contributed by atoms with Crippen molar-refractivity contribution < 1.29 is 14.4 Å². The largest absolute Gasteiger partial charge is 0.481 e. The van der Waals surface area contributed by atoms with Gasteiger partial charge in [0.2, 0.25) is 0 Å². The summed E-state index contributed by atoms with van der Waals surface area (Å²) in [6.45, 7) is 4.19. The number of carboxylic acid groups (broad SMARTS) is 1. The molecule has 3 heteroatoms. The second-order valence-corrected chi connectivity index (χ2v) is 2.83. The molecule has 0 aliphatic heterocycles. The van der Waals surface area contributed by atoms with Crippen molar-refractivity contribution in [1.29, 1.82) is 0 Å². The first-order valence-corrected chi connectivity index (χ1v) is 3.16. The highest BCUT2D eigenvalue weighted by molar-refractivity contribution is 5.66. The van der Waals surface area contributed by atoms with Crippen LogP contribution >= 0.6 is 0 Å². The molecule has 0 atom stereocenters. The highest BCUT2D eigenvalue weighted by Crippen LogP contribution is 1.98. The number of hydrogen-bond acceptors (Lipinski definition) is 1. The van der Waals surface area contributed by atoms with Crippen LogP contribution in [0.25, 0.3) is 0 Å². The number of rotatable bonds is 4. The minimum atomic E-state index is -0.756. The molecule has 0 aromatic heterocycles. The molecule has 0 rings (SSSR count). The third-order valence-corrected chi connectivity index (χ3v) is 1.40. The average molecular weight is 144 g/mol. The highest BCUT2D eigenvalue weighted by atomic mass is 16.4. The first-order valence-electron chi connectivity index (χ1n) is 3.16. The molecule has 0 unspecified atom stereocenters. The van der Waals surface area contributed by atoms with E-state index in [1.807, 2.05) is 14.1 Å². The zero-order chi connectivity index (χ0) is 8.20. The van der Waals surface area contributed by atoms with Crippen molar-refractivity contribution in [3.8, 4) is 0 Å². The third kappa shape index (κ3) is 4.09. The van der Waals surface area contributed by atoms with E-state index in [4.69, 9.17) is 5.11 Å². The van der Waals surface area contributed by atoms with Crippen molar-refractivity contribution in [1.82, 2.24) is 0 Å². The van der Waals surface area contributed by atoms with Crippen molar-refractivity contribution in [2.24, 2.45) is 0 Å². The van der Waals surface area contributed by atoms with Crippen LogP contribution in [0.4, 0.5) is 0 Å². The summed E-state index contributed by atoms with van der Waals surface area (Å²) in [4.78, 5) is 10.1. The fourth-order valence-corrected chi connectivity index (χ4v) is 0.475. The quantitative estimate of drug-likeness (QED) is 0.589. The monoisotopic (exact) mass is 144 g/mol. The first-order chi connectivity index (χ1) is 4.48. The molecule has 0 saturated carbocycles. The van der Waals surface area contributed by atoms with E-state index in [1.165, 1.54) is 0 Å². The number of aliphatic carboxylic acids is 1. The number of quaternary nitrogens is 1. The molecule has 0 saturated heterocycles. The smallest absolute Gasteiger partial charge is 0.309 e. The Hall–Kier alpha value is -0.830. The number of carbonyl (C=O) groups is 1. The molecule has 0 fully saturated rings. The van der Waals surface area contributed by atoms with Gasteiger partial charge in [-0.05, 0) is 6.58 Å². The summed E-state index contributed by atoms with van der Waals surface area (Å²) in [5, 5.41) is 8.33. The van der Waals surface area contributed by atoms with Gasteiger partial charge in [-0.1, -0.05) is 0 Å². The summed E-state index contributed by atoms with van der Waals surface area (Å²) in [5.41, 5.74) is 0. The minimum Gasteiger partial charge on any atom is -0.481 e. The maximum atomic E-state index is 10.1. The topological polar surface area (TPSA) is 37.3 Å². The molecule has 0 aliphatic rings. The minimum absolute atomic E-state index is 0.193. The SMILES string of the molecule is C=C[N+](C)(C)CCC(=O)O. The van der Waals surface area contributed by atoms with Gasteiger partial charge in [-0.15, -0.1) is 0 Å². The van der Waals surface area contributed by atoms with Crippen molar-refractivity contribution in [3.05, 3.63) is 12.8 Å². The normalized spacial score (nSPS) is 11.0. The lowest BCUT2D eigenvalue weighted by atomic mass is 10.4. The second kappa shape index (κ2) is 3.37. The molecule has 0 aromatic rings. The van der Waals surface area contributed by atoms with Crippen molar-refractivity contribution in [3.63, 3.8) is 0 Å². The molecule has 0 bridgehead atoms. The van der Waals surface area contributed by atoms with Gasteiger partial charge in [0.05, 0.1) is 33.3 Å². The molecule has 0 aromatic carbocycles. The van der Waals surface area contributed by atoms with E-state index >= 15 is 0 Å². The molecule has 0 spiro atoms. The van der Waals surface area contributed by atoms with E-state index in [-0.39, 0.29) is 6.42 Å². The molecule has 3 nitrogen and oxygen atoms in total. The number of nitrogens with zero attached hydrogens (tertiary/aromatic N) is 1. The molecular weight excluding hydrogens is 130 g/mol. The van der Waals surface area contributed by atoms with Gasteiger partial charge in [-0.3, -0.25) is 4.79 Å². The van der Waals surface area contributed by atoms with Crippen LogP contribution in [0.15, 0.2) is 12.8 Å². The van der Waals surface area contributed by atoms with Gasteiger partial charge in [0, 0.05) is 0 Å². The van der Waals surface area contributed by atoms with Crippen LogP contribution in [0.5, 0.6) is 0 Å². The summed E-state index contributed by atoms with van der Waals surface area (Å²) in [6, 6.07) is 0. The van der Waals surface area contributed by atoms with E-state index in [0.29, 0.717) is 11.0 Å². The van der Waals surface area contributed by atoms with Crippen LogP contribution in [0.1, 0.15) is 6.42 Å². The van der Waals surface area contributed by atoms with Gasteiger partial charge in [0.25, 0.3) is 0 Å². The molecule has 10 heavy (non-hydrogen) atoms. The van der Waals surface area contributed by atoms with Crippen LogP contribution in [-0.2, 0) is 4.79 Å². The van der Waals surface area contributed by atoms with Crippen LogP contribution in [-0.4, -0.2) is 36.2 Å². The van der Waals surface area contributed by atoms with Gasteiger partial charge in [0.1, 0.15) is 0 Å². The van der Waals surface area contributed by atoms with E-state index in [2.05, 4.69) is 6.58 Å². The Kier molecular flexibility index (Phi) is 3.09. The molecule has 1 N–H and O–H groups in total. The maximum Gasteiger partial charge on any atom is 0.309 e. The fraction of sp³-hybridized carbons (Fsp3) is 0.571. The molecule has 0 amide bonds. The zero-order valence-electron chi connectivity index (χ0n) is 6.50. The molecule has 0 radical (unpaired) electrons. The predicted octanol–water partition coefficient (Wildman–Crippen LogP) is 0.681. The third-order valence-electron chi connectivity index (χ3n) is 1.40. The van der Waals surface area contributed by atoms with E-state index < -0.39 is 5.97 Å². The maximum absolute atomic E-state index is 10.1. The van der Waals surface area contributed by atoms with Crippen LogP contribution in [0.2, 0.25) is 0 Å². The molecule has 58 valence electrons. The Morgan fingerprint density at radius 2 is 2.20 bits per heavy atom. The molecule has 0 aliphatic carbocycles. The molecular formula is C7H14NO2+. The lowest BCUT2D eigenvalue weighted by Gasteiger charge is -2.22. The van der Waals surface area contributed by atoms with Gasteiger partial charge in [0.15, 0.2) is 0 Å². The summed E-state index contributed by atoms with van der Waals surface area (Å²) in [6.07, 6.45) is 1.92. The second-order valence-electron chi connectivity index (χ2n) is 2.83. The fourth-order valence-electron chi connectivity index (χ4n) is 0.475. The summed E-state index contributed by atoms with van der Waals surface area (Å²) >= 11 is 0. The van der Waals surface area contributed by atoms with E-state index in [0.717, 1.165) is 0 Å². The average Bonchev–Trinajstić information content (AvgIpc) is 1.85. The van der Waals surface area contributed by atoms with Crippen LogP contribution < -0.4 is 0 Å². The van der Waals surface area contributed by atoms with Gasteiger partial charge in [-0.2, -0.15) is 0 Å². The number of carboxylic acids is 1. The lowest BCUT2D eigenvalue weighted by molar-refractivity contribution is -0.838. The van der Waals surface area contributed by atoms with Gasteiger partial charge < -0.3 is 9.59 Å². The van der Waals surface area contributed by atoms with E-state index in [1.54, 1.807) is 6.20 Å². The van der Waals surface area contributed by atoms with E-state index in [9.17, 15) is 4.79 Å². The standard InChI is InChI=1S/C7H13NO2/c1-4-8(2,3)6-5-7(9)10/h4H,1,5-6H2,2-3H3/p+1. The summed E-state index contributed by atoms with van der Waals surface area (Å²) < 4.78 is 0.548.